The number of ketones is 1. The second-order valence-corrected chi connectivity index (χ2v) is 3.89. The van der Waals surface area contributed by atoms with Gasteiger partial charge in [-0.1, -0.05) is 0 Å². The fourth-order valence-corrected chi connectivity index (χ4v) is 1.25. The zero-order chi connectivity index (χ0) is 15.3. The summed E-state index contributed by atoms with van der Waals surface area (Å²) in [5.74, 6) is -1.84. The van der Waals surface area contributed by atoms with E-state index in [0.717, 1.165) is 7.11 Å². The maximum atomic E-state index is 11.7. The predicted molar refractivity (Wildman–Crippen MR) is 66.2 cm³/mol. The highest BCUT2D eigenvalue weighted by molar-refractivity contribution is 5.99. The number of alkyl carbamates (subject to hydrolysis) is 1. The van der Waals surface area contributed by atoms with E-state index in [-0.39, 0.29) is 11.5 Å². The zero-order valence-electron chi connectivity index (χ0n) is 11.2. The van der Waals surface area contributed by atoms with E-state index in [9.17, 15) is 19.2 Å². The van der Waals surface area contributed by atoms with Gasteiger partial charge in [-0.3, -0.25) is 14.9 Å². The summed E-state index contributed by atoms with van der Waals surface area (Å²) in [5, 5.41) is 1.87. The highest BCUT2D eigenvalue weighted by Gasteiger charge is 2.22. The lowest BCUT2D eigenvalue weighted by Crippen LogP contribution is -2.39. The molecule has 1 atom stereocenters. The maximum absolute atomic E-state index is 11.7. The van der Waals surface area contributed by atoms with E-state index in [1.54, 1.807) is 0 Å². The number of imide groups is 1. The molecule has 108 valence electrons. The maximum Gasteiger partial charge on any atom is 0.413 e. The molecule has 8 nitrogen and oxygen atoms in total. The Labute approximate surface area is 114 Å². The molecule has 0 radical (unpaired) electrons. The molecule has 20 heavy (non-hydrogen) atoms. The van der Waals surface area contributed by atoms with Gasteiger partial charge < -0.3 is 14.5 Å². The minimum atomic E-state index is -1.19. The van der Waals surface area contributed by atoms with Crippen LogP contribution in [0.5, 0.6) is 0 Å². The number of methoxy groups -OCH3 is 1. The van der Waals surface area contributed by atoms with E-state index in [4.69, 9.17) is 4.74 Å². The van der Waals surface area contributed by atoms with E-state index >= 15 is 0 Å². The summed E-state index contributed by atoms with van der Waals surface area (Å²) in [4.78, 5) is 47.6. The number of carbonyl (C=O) groups excluding carboxylic acids is 4. The summed E-state index contributed by atoms with van der Waals surface area (Å²) < 4.78 is 9.07. The summed E-state index contributed by atoms with van der Waals surface area (Å²) >= 11 is 0. The molecule has 0 aliphatic heterocycles. The van der Waals surface area contributed by atoms with Crippen molar-refractivity contribution in [3.8, 4) is 0 Å². The number of H-pyrrole nitrogens is 1. The van der Waals surface area contributed by atoms with Gasteiger partial charge in [0.1, 0.15) is 5.69 Å². The van der Waals surface area contributed by atoms with Crippen LogP contribution in [0.2, 0.25) is 0 Å². The fourth-order valence-electron chi connectivity index (χ4n) is 1.25. The molecule has 1 rings (SSSR count). The molecule has 1 aromatic rings. The highest BCUT2D eigenvalue weighted by atomic mass is 16.6. The lowest BCUT2D eigenvalue weighted by molar-refractivity contribution is -0.128. The number of ether oxygens (including phenoxy) is 2. The van der Waals surface area contributed by atoms with Crippen LogP contribution in [-0.2, 0) is 14.3 Å². The van der Waals surface area contributed by atoms with Gasteiger partial charge in [0.25, 0.3) is 5.91 Å². The Balaban J connectivity index is 2.62. The molecule has 8 heteroatoms. The smallest absolute Gasteiger partial charge is 0.413 e. The Morgan fingerprint density at radius 3 is 2.45 bits per heavy atom. The lowest BCUT2D eigenvalue weighted by atomic mass is 10.2. The monoisotopic (exact) mass is 282 g/mol. The molecular formula is C12H14N2O6. The fraction of sp³-hybridized carbons (Fsp3) is 0.333. The molecule has 0 unspecified atom stereocenters. The average molecular weight is 282 g/mol. The molecule has 0 aliphatic rings. The number of amides is 2. The van der Waals surface area contributed by atoms with Gasteiger partial charge in [-0.25, -0.2) is 9.59 Å². The minimum absolute atomic E-state index is 0.0351. The molecule has 1 heterocycles. The molecule has 0 spiro atoms. The van der Waals surface area contributed by atoms with E-state index in [1.165, 1.54) is 26.1 Å². The largest absolute Gasteiger partial charge is 0.453 e. The number of carbonyl (C=O) groups is 4. The van der Waals surface area contributed by atoms with E-state index < -0.39 is 24.1 Å². The number of aromatic nitrogens is 1. The number of esters is 1. The Kier molecular flexibility index (Phi) is 5.01. The second-order valence-electron chi connectivity index (χ2n) is 3.89. The average Bonchev–Trinajstić information content (AvgIpc) is 2.88. The molecule has 0 aliphatic carbocycles. The Morgan fingerprint density at radius 1 is 1.30 bits per heavy atom. The van der Waals surface area contributed by atoms with Gasteiger partial charge in [0.05, 0.1) is 7.11 Å². The van der Waals surface area contributed by atoms with Crippen LogP contribution in [0.1, 0.15) is 34.7 Å². The van der Waals surface area contributed by atoms with Gasteiger partial charge in [-0.15, -0.1) is 0 Å². The van der Waals surface area contributed by atoms with Gasteiger partial charge in [0.2, 0.25) is 0 Å². The van der Waals surface area contributed by atoms with Crippen molar-refractivity contribution in [3.63, 3.8) is 0 Å². The molecule has 0 saturated heterocycles. The Bertz CT molecular complexity index is 548. The van der Waals surface area contributed by atoms with Crippen molar-refractivity contribution >= 4 is 23.8 Å². The van der Waals surface area contributed by atoms with Crippen molar-refractivity contribution in [1.82, 2.24) is 10.3 Å². The first-order valence-corrected chi connectivity index (χ1v) is 5.64. The lowest BCUT2D eigenvalue weighted by Gasteiger charge is -2.11. The number of rotatable bonds is 4. The third-order valence-electron chi connectivity index (χ3n) is 2.37. The van der Waals surface area contributed by atoms with Gasteiger partial charge in [-0.2, -0.15) is 0 Å². The zero-order valence-corrected chi connectivity index (χ0v) is 11.2. The van der Waals surface area contributed by atoms with Crippen LogP contribution in [0.15, 0.2) is 12.3 Å². The normalized spacial score (nSPS) is 11.3. The molecule has 2 N–H and O–H groups in total. The summed E-state index contributed by atoms with van der Waals surface area (Å²) in [6.45, 7) is 2.65. The highest BCUT2D eigenvalue weighted by Crippen LogP contribution is 2.07. The summed E-state index contributed by atoms with van der Waals surface area (Å²) in [5.41, 5.74) is 0.358. The number of Topliss-reactive ketones (excluding diaryl/α,β-unsaturated/α-hetero) is 1. The van der Waals surface area contributed by atoms with Crippen molar-refractivity contribution in [3.05, 3.63) is 23.5 Å². The first-order chi connectivity index (χ1) is 9.35. The molecule has 2 amide bonds. The topological polar surface area (TPSA) is 115 Å². The summed E-state index contributed by atoms with van der Waals surface area (Å²) in [6.07, 6.45) is -0.778. The van der Waals surface area contributed by atoms with Crippen molar-refractivity contribution in [2.24, 2.45) is 0 Å². The van der Waals surface area contributed by atoms with Crippen LogP contribution in [0.3, 0.4) is 0 Å². The number of hydrogen-bond acceptors (Lipinski definition) is 6. The molecule has 0 aromatic carbocycles. The van der Waals surface area contributed by atoms with E-state index in [1.807, 2.05) is 5.32 Å². The molecule has 0 bridgehead atoms. The predicted octanol–water partition coefficient (Wildman–Crippen LogP) is 0.645. The molecule has 0 fully saturated rings. The van der Waals surface area contributed by atoms with Gasteiger partial charge in [0.15, 0.2) is 11.9 Å². The second kappa shape index (κ2) is 6.50. The van der Waals surface area contributed by atoms with Crippen LogP contribution in [0, 0.1) is 0 Å². The van der Waals surface area contributed by atoms with Crippen LogP contribution in [0.4, 0.5) is 4.79 Å². The van der Waals surface area contributed by atoms with Crippen molar-refractivity contribution < 1.29 is 28.7 Å². The molecule has 0 saturated carbocycles. The third kappa shape index (κ3) is 3.94. The Morgan fingerprint density at radius 2 is 1.95 bits per heavy atom. The van der Waals surface area contributed by atoms with Crippen LogP contribution in [-0.4, -0.2) is 42.0 Å². The van der Waals surface area contributed by atoms with Gasteiger partial charge >= 0.3 is 12.1 Å². The number of nitrogens with one attached hydrogen (secondary N) is 2. The van der Waals surface area contributed by atoms with Gasteiger partial charge in [-0.05, 0) is 19.9 Å². The van der Waals surface area contributed by atoms with Crippen LogP contribution < -0.4 is 5.32 Å². The van der Waals surface area contributed by atoms with E-state index in [0.29, 0.717) is 5.56 Å². The Hall–Kier alpha value is -2.64. The standard InChI is InChI=1S/C12H14N2O6/c1-6(15)8-4-9(13-5-8)11(17)20-7(2)10(16)14-12(18)19-3/h4-5,7,13H,1-3H3,(H,14,16,18)/t7-/m0/s1. The first-order valence-electron chi connectivity index (χ1n) is 5.64. The first kappa shape index (κ1) is 15.4. The van der Waals surface area contributed by atoms with E-state index in [2.05, 4.69) is 9.72 Å². The van der Waals surface area contributed by atoms with Gasteiger partial charge in [0, 0.05) is 11.8 Å². The van der Waals surface area contributed by atoms with Crippen LogP contribution in [0.25, 0.3) is 0 Å². The van der Waals surface area contributed by atoms with Crippen molar-refractivity contribution in [2.45, 2.75) is 20.0 Å². The number of aromatic amines is 1. The molecular weight excluding hydrogens is 268 g/mol. The quantitative estimate of drug-likeness (QED) is 0.618. The third-order valence-corrected chi connectivity index (χ3v) is 2.37. The van der Waals surface area contributed by atoms with Crippen molar-refractivity contribution in [1.29, 1.82) is 0 Å². The minimum Gasteiger partial charge on any atom is -0.453 e. The summed E-state index contributed by atoms with van der Waals surface area (Å²) in [6, 6.07) is 1.32. The van der Waals surface area contributed by atoms with Crippen LogP contribution >= 0.6 is 0 Å². The van der Waals surface area contributed by atoms with Crippen molar-refractivity contribution in [2.75, 3.05) is 7.11 Å². The summed E-state index contributed by atoms with van der Waals surface area (Å²) in [7, 11) is 1.10. The SMILES string of the molecule is COC(=O)NC(=O)[C@H](C)OC(=O)c1cc(C(C)=O)c[nH]1. The number of hydrogen-bond donors (Lipinski definition) is 2. The molecule has 1 aromatic heterocycles.